The number of benzene rings is 1. The summed E-state index contributed by atoms with van der Waals surface area (Å²) in [6.45, 7) is 6.10. The Morgan fingerprint density at radius 2 is 1.90 bits per heavy atom. The van der Waals surface area contributed by atoms with Crippen LogP contribution in [0.5, 0.6) is 5.75 Å². The quantitative estimate of drug-likeness (QED) is 0.711. The van der Waals surface area contributed by atoms with E-state index in [1.165, 1.54) is 12.8 Å². The Morgan fingerprint density at radius 3 is 2.55 bits per heavy atom. The number of carbonyl (C=O) groups is 2. The number of carbonyl (C=O) groups excluding carboxylic acids is 2. The number of methoxy groups -OCH3 is 1. The first-order valence-electron chi connectivity index (χ1n) is 10.8. The molecule has 3 aliphatic rings. The highest BCUT2D eigenvalue weighted by atomic mass is 16.6. The van der Waals surface area contributed by atoms with E-state index < -0.39 is 11.0 Å². The topological polar surface area (TPSA) is 59.1 Å². The third-order valence-electron chi connectivity index (χ3n) is 7.20. The number of ether oxygens (including phenoxy) is 2. The van der Waals surface area contributed by atoms with Gasteiger partial charge in [0.15, 0.2) is 0 Å². The SMILES string of the molecule is COc1ccc2c(c1)C(=O)OC21CCC(C)(C(=O)N(C)CCN2CCCC2)CC1. The van der Waals surface area contributed by atoms with Crippen molar-refractivity contribution in [3.63, 3.8) is 0 Å². The number of nitrogens with zero attached hydrogens (tertiary/aromatic N) is 2. The third kappa shape index (κ3) is 3.63. The van der Waals surface area contributed by atoms with Crippen LogP contribution in [0.2, 0.25) is 0 Å². The molecule has 1 aliphatic carbocycles. The summed E-state index contributed by atoms with van der Waals surface area (Å²) in [5.41, 5.74) is 0.557. The van der Waals surface area contributed by atoms with Gasteiger partial charge in [-0.15, -0.1) is 0 Å². The van der Waals surface area contributed by atoms with Crippen molar-refractivity contribution in [2.24, 2.45) is 5.41 Å². The summed E-state index contributed by atoms with van der Waals surface area (Å²) in [6.07, 6.45) is 5.34. The van der Waals surface area contributed by atoms with E-state index >= 15 is 0 Å². The fourth-order valence-electron chi connectivity index (χ4n) is 5.15. The van der Waals surface area contributed by atoms with Crippen molar-refractivity contribution in [2.75, 3.05) is 40.3 Å². The Labute approximate surface area is 173 Å². The van der Waals surface area contributed by atoms with Crippen LogP contribution in [0.3, 0.4) is 0 Å². The minimum absolute atomic E-state index is 0.214. The molecule has 29 heavy (non-hydrogen) atoms. The van der Waals surface area contributed by atoms with Crippen LogP contribution in [0.15, 0.2) is 18.2 Å². The van der Waals surface area contributed by atoms with Gasteiger partial charge in [-0.05, 0) is 63.7 Å². The molecule has 1 amide bonds. The predicted octanol–water partition coefficient (Wildman–Crippen LogP) is 3.20. The maximum Gasteiger partial charge on any atom is 0.339 e. The number of hydrogen-bond acceptors (Lipinski definition) is 5. The molecule has 6 nitrogen and oxygen atoms in total. The lowest BCUT2D eigenvalue weighted by molar-refractivity contribution is -0.145. The maximum atomic E-state index is 13.2. The van der Waals surface area contributed by atoms with E-state index in [-0.39, 0.29) is 11.9 Å². The van der Waals surface area contributed by atoms with Crippen LogP contribution in [-0.4, -0.2) is 62.0 Å². The summed E-state index contributed by atoms with van der Waals surface area (Å²) in [5, 5.41) is 0. The van der Waals surface area contributed by atoms with E-state index in [0.717, 1.165) is 44.6 Å². The normalized spacial score (nSPS) is 29.0. The number of hydrogen-bond donors (Lipinski definition) is 0. The lowest BCUT2D eigenvalue weighted by Gasteiger charge is -2.43. The van der Waals surface area contributed by atoms with Crippen molar-refractivity contribution in [1.29, 1.82) is 0 Å². The first-order chi connectivity index (χ1) is 13.9. The Hall–Kier alpha value is -2.08. The number of likely N-dealkylation sites (tertiary alicyclic amines) is 1. The van der Waals surface area contributed by atoms with Crippen molar-refractivity contribution in [1.82, 2.24) is 9.80 Å². The molecular formula is C23H32N2O4. The highest BCUT2D eigenvalue weighted by Crippen LogP contribution is 2.52. The molecule has 6 heteroatoms. The molecule has 0 radical (unpaired) electrons. The molecule has 4 rings (SSSR count). The molecule has 1 aromatic carbocycles. The fraction of sp³-hybridized carbons (Fsp3) is 0.652. The molecule has 1 aromatic rings. The van der Waals surface area contributed by atoms with Crippen molar-refractivity contribution < 1.29 is 19.1 Å². The van der Waals surface area contributed by atoms with Gasteiger partial charge < -0.3 is 19.3 Å². The monoisotopic (exact) mass is 400 g/mol. The molecule has 0 aromatic heterocycles. The first-order valence-corrected chi connectivity index (χ1v) is 10.8. The van der Waals surface area contributed by atoms with Gasteiger partial charge in [-0.2, -0.15) is 0 Å². The third-order valence-corrected chi connectivity index (χ3v) is 7.20. The molecule has 2 aliphatic heterocycles. The van der Waals surface area contributed by atoms with Gasteiger partial charge >= 0.3 is 5.97 Å². The molecule has 1 saturated heterocycles. The molecule has 0 atom stereocenters. The highest BCUT2D eigenvalue weighted by molar-refractivity contribution is 5.95. The predicted molar refractivity (Wildman–Crippen MR) is 110 cm³/mol. The number of amides is 1. The van der Waals surface area contributed by atoms with Gasteiger partial charge in [0.2, 0.25) is 5.91 Å². The molecule has 2 fully saturated rings. The standard InChI is InChI=1S/C23H32N2O4/c1-22(21(27)24(2)14-15-25-12-4-5-13-25)8-10-23(11-9-22)19-7-6-17(28-3)16-18(19)20(26)29-23/h6-7,16H,4-5,8-15H2,1-3H3. The molecule has 0 unspecified atom stereocenters. The van der Waals surface area contributed by atoms with E-state index in [2.05, 4.69) is 11.8 Å². The summed E-state index contributed by atoms with van der Waals surface area (Å²) in [4.78, 5) is 30.0. The van der Waals surface area contributed by atoms with Crippen LogP contribution >= 0.6 is 0 Å². The van der Waals surface area contributed by atoms with E-state index in [1.807, 2.05) is 24.1 Å². The van der Waals surface area contributed by atoms with Gasteiger partial charge in [-0.1, -0.05) is 13.0 Å². The van der Waals surface area contributed by atoms with Crippen molar-refractivity contribution in [3.8, 4) is 5.75 Å². The second-order valence-corrected chi connectivity index (χ2v) is 9.13. The second-order valence-electron chi connectivity index (χ2n) is 9.13. The van der Waals surface area contributed by atoms with Gasteiger partial charge in [0.05, 0.1) is 12.7 Å². The lowest BCUT2D eigenvalue weighted by Crippen LogP contribution is -2.47. The summed E-state index contributed by atoms with van der Waals surface area (Å²) < 4.78 is 11.1. The fourth-order valence-corrected chi connectivity index (χ4v) is 5.15. The minimum atomic E-state index is -0.591. The van der Waals surface area contributed by atoms with Gasteiger partial charge in [0, 0.05) is 31.1 Å². The minimum Gasteiger partial charge on any atom is -0.497 e. The molecule has 0 N–H and O–H groups in total. The molecular weight excluding hydrogens is 368 g/mol. The zero-order valence-electron chi connectivity index (χ0n) is 17.8. The molecule has 158 valence electrons. The van der Waals surface area contributed by atoms with Gasteiger partial charge in [0.1, 0.15) is 11.4 Å². The van der Waals surface area contributed by atoms with E-state index in [9.17, 15) is 9.59 Å². The van der Waals surface area contributed by atoms with Crippen LogP contribution in [0.1, 0.15) is 61.4 Å². The van der Waals surface area contributed by atoms with Gasteiger partial charge in [0.25, 0.3) is 0 Å². The van der Waals surface area contributed by atoms with Crippen molar-refractivity contribution in [2.45, 2.75) is 51.0 Å². The van der Waals surface area contributed by atoms with Crippen LogP contribution in [-0.2, 0) is 15.1 Å². The summed E-state index contributed by atoms with van der Waals surface area (Å²) in [6, 6.07) is 5.59. The van der Waals surface area contributed by atoms with Crippen molar-refractivity contribution in [3.05, 3.63) is 29.3 Å². The zero-order chi connectivity index (χ0) is 20.6. The summed E-state index contributed by atoms with van der Waals surface area (Å²) in [7, 11) is 3.51. The molecule has 0 bridgehead atoms. The second kappa shape index (κ2) is 7.63. The van der Waals surface area contributed by atoms with E-state index in [1.54, 1.807) is 13.2 Å². The number of esters is 1. The van der Waals surface area contributed by atoms with Crippen LogP contribution in [0.25, 0.3) is 0 Å². The summed E-state index contributed by atoms with van der Waals surface area (Å²) >= 11 is 0. The van der Waals surface area contributed by atoms with Crippen LogP contribution in [0.4, 0.5) is 0 Å². The molecule has 2 heterocycles. The Balaban J connectivity index is 1.42. The average molecular weight is 401 g/mol. The van der Waals surface area contributed by atoms with Gasteiger partial charge in [-0.25, -0.2) is 4.79 Å². The van der Waals surface area contributed by atoms with Crippen molar-refractivity contribution >= 4 is 11.9 Å². The Morgan fingerprint density at radius 1 is 1.21 bits per heavy atom. The lowest BCUT2D eigenvalue weighted by atomic mass is 9.67. The van der Waals surface area contributed by atoms with Crippen LogP contribution < -0.4 is 4.74 Å². The maximum absolute atomic E-state index is 13.2. The molecule has 1 saturated carbocycles. The average Bonchev–Trinajstić information content (AvgIpc) is 3.35. The number of fused-ring (bicyclic) bond motifs is 2. The van der Waals surface area contributed by atoms with E-state index in [0.29, 0.717) is 24.2 Å². The highest BCUT2D eigenvalue weighted by Gasteiger charge is 2.52. The first kappa shape index (κ1) is 20.2. The smallest absolute Gasteiger partial charge is 0.339 e. The zero-order valence-corrected chi connectivity index (χ0v) is 17.8. The summed E-state index contributed by atoms with van der Waals surface area (Å²) in [5.74, 6) is 0.593. The van der Waals surface area contributed by atoms with Gasteiger partial charge in [-0.3, -0.25) is 4.79 Å². The Kier molecular flexibility index (Phi) is 5.32. The number of likely N-dealkylation sites (N-methyl/N-ethyl adjacent to an activating group) is 1. The molecule has 1 spiro atoms. The largest absolute Gasteiger partial charge is 0.497 e. The van der Waals surface area contributed by atoms with Crippen LogP contribution in [0, 0.1) is 5.41 Å². The number of rotatable bonds is 5. The Bertz CT molecular complexity index is 792. The van der Waals surface area contributed by atoms with E-state index in [4.69, 9.17) is 9.47 Å².